The van der Waals surface area contributed by atoms with Crippen LogP contribution in [0.3, 0.4) is 0 Å². The van der Waals surface area contributed by atoms with Crippen LogP contribution in [0, 0.1) is 6.92 Å². The zero-order chi connectivity index (χ0) is 15.3. The monoisotopic (exact) mass is 353 g/mol. The molecule has 2 aliphatic heterocycles. The summed E-state index contributed by atoms with van der Waals surface area (Å²) < 4.78 is 2.46. The number of halogens is 1. The molecule has 0 saturated carbocycles. The molecule has 0 bridgehead atoms. The number of nitrogens with one attached hydrogen (secondary N) is 1. The Labute approximate surface area is 134 Å². The fourth-order valence-corrected chi connectivity index (χ4v) is 3.06. The molecule has 0 fully saturated rings. The van der Waals surface area contributed by atoms with Crippen molar-refractivity contribution in [1.82, 2.24) is 14.8 Å². The molecule has 0 saturated heterocycles. The number of nitrogens with zero attached hydrogens (tertiary/aromatic N) is 2. The predicted molar refractivity (Wildman–Crippen MR) is 90.7 cm³/mol. The maximum Gasteiger partial charge on any atom is 0.282 e. The first kappa shape index (κ1) is 13.3. The molecule has 2 aromatic rings. The third-order valence-electron chi connectivity index (χ3n) is 3.83. The molecule has 0 aliphatic carbocycles. The van der Waals surface area contributed by atoms with Gasteiger partial charge in [0.1, 0.15) is 5.69 Å². The van der Waals surface area contributed by atoms with Gasteiger partial charge in [0.15, 0.2) is 0 Å². The Hall–Kier alpha value is -2.40. The van der Waals surface area contributed by atoms with Gasteiger partial charge in [-0.2, -0.15) is 9.78 Å². The van der Waals surface area contributed by atoms with Gasteiger partial charge >= 0.3 is 0 Å². The SMILES string of the molecule is Cc1ccccc1-n1nc2c3ccc(Br)cc3[nH]cc-2c1=O. The van der Waals surface area contributed by atoms with E-state index >= 15 is 0 Å². The van der Waals surface area contributed by atoms with Gasteiger partial charge in [-0.1, -0.05) is 34.1 Å². The molecule has 0 amide bonds. The van der Waals surface area contributed by atoms with Crippen molar-refractivity contribution in [2.45, 2.75) is 6.92 Å². The number of para-hydroxylation sites is 1. The molecule has 108 valence electrons. The minimum absolute atomic E-state index is 0.106. The van der Waals surface area contributed by atoms with Gasteiger partial charge in [0.05, 0.1) is 11.3 Å². The van der Waals surface area contributed by atoms with Crippen molar-refractivity contribution in [2.24, 2.45) is 0 Å². The number of hydrogen-bond donors (Lipinski definition) is 1. The van der Waals surface area contributed by atoms with Gasteiger partial charge in [0, 0.05) is 21.6 Å². The molecule has 0 unspecified atom stereocenters. The van der Waals surface area contributed by atoms with E-state index < -0.39 is 0 Å². The van der Waals surface area contributed by atoms with Crippen molar-refractivity contribution in [3.05, 3.63) is 69.1 Å². The van der Waals surface area contributed by atoms with E-state index in [4.69, 9.17) is 0 Å². The molecular weight excluding hydrogens is 342 g/mol. The minimum atomic E-state index is -0.106. The maximum absolute atomic E-state index is 12.7. The van der Waals surface area contributed by atoms with Gasteiger partial charge in [0.2, 0.25) is 0 Å². The molecule has 4 nitrogen and oxygen atoms in total. The highest BCUT2D eigenvalue weighted by Crippen LogP contribution is 2.28. The van der Waals surface area contributed by atoms with E-state index in [9.17, 15) is 4.79 Å². The third kappa shape index (κ3) is 1.89. The Morgan fingerprint density at radius 2 is 2.00 bits per heavy atom. The first-order valence-corrected chi connectivity index (χ1v) is 7.70. The molecule has 22 heavy (non-hydrogen) atoms. The lowest BCUT2D eigenvalue weighted by Gasteiger charge is -2.03. The Kier molecular flexibility index (Phi) is 2.90. The van der Waals surface area contributed by atoms with Gasteiger partial charge in [-0.25, -0.2) is 0 Å². The number of hydrogen-bond acceptors (Lipinski definition) is 2. The van der Waals surface area contributed by atoms with Gasteiger partial charge in [-0.05, 0) is 36.8 Å². The fraction of sp³-hybridized carbons (Fsp3) is 0.0588. The van der Waals surface area contributed by atoms with Crippen molar-refractivity contribution in [1.29, 1.82) is 0 Å². The summed E-state index contributed by atoms with van der Waals surface area (Å²) in [6.07, 6.45) is 1.73. The number of pyridine rings is 1. The second kappa shape index (κ2) is 4.81. The van der Waals surface area contributed by atoms with E-state index in [1.807, 2.05) is 49.4 Å². The Bertz CT molecular complexity index is 1030. The molecule has 5 heteroatoms. The van der Waals surface area contributed by atoms with Gasteiger partial charge < -0.3 is 4.98 Å². The zero-order valence-electron chi connectivity index (χ0n) is 11.8. The Morgan fingerprint density at radius 3 is 2.82 bits per heavy atom. The molecule has 2 aliphatic rings. The summed E-state index contributed by atoms with van der Waals surface area (Å²) in [6, 6.07) is 13.6. The van der Waals surface area contributed by atoms with E-state index in [0.717, 1.165) is 32.3 Å². The third-order valence-corrected chi connectivity index (χ3v) is 4.32. The van der Waals surface area contributed by atoms with Crippen molar-refractivity contribution >= 4 is 26.8 Å². The summed E-state index contributed by atoms with van der Waals surface area (Å²) in [5.41, 5.74) is 3.98. The maximum atomic E-state index is 12.7. The smallest absolute Gasteiger partial charge is 0.282 e. The molecule has 2 aromatic carbocycles. The van der Waals surface area contributed by atoms with Crippen LogP contribution in [0.25, 0.3) is 27.8 Å². The molecule has 0 radical (unpaired) electrons. The molecule has 2 heterocycles. The highest BCUT2D eigenvalue weighted by atomic mass is 79.9. The summed E-state index contributed by atoms with van der Waals surface area (Å²) >= 11 is 3.46. The molecule has 0 aromatic heterocycles. The van der Waals surface area contributed by atoms with Crippen molar-refractivity contribution < 1.29 is 0 Å². The lowest BCUT2D eigenvalue weighted by molar-refractivity contribution is 0.852. The first-order valence-electron chi connectivity index (χ1n) is 6.91. The largest absolute Gasteiger partial charge is 0.360 e. The van der Waals surface area contributed by atoms with E-state index in [1.54, 1.807) is 6.20 Å². The average molecular weight is 354 g/mol. The van der Waals surface area contributed by atoms with Crippen molar-refractivity contribution in [3.63, 3.8) is 0 Å². The minimum Gasteiger partial charge on any atom is -0.360 e. The van der Waals surface area contributed by atoms with Gasteiger partial charge in [-0.3, -0.25) is 4.79 Å². The van der Waals surface area contributed by atoms with E-state index in [-0.39, 0.29) is 5.56 Å². The second-order valence-corrected chi connectivity index (χ2v) is 6.16. The van der Waals surface area contributed by atoms with Crippen LogP contribution in [0.4, 0.5) is 0 Å². The van der Waals surface area contributed by atoms with Crippen molar-refractivity contribution in [2.75, 3.05) is 0 Å². The quantitative estimate of drug-likeness (QED) is 0.564. The van der Waals surface area contributed by atoms with Crippen LogP contribution in [0.5, 0.6) is 0 Å². The molecular formula is C17H12BrN3O. The lowest BCUT2D eigenvalue weighted by Crippen LogP contribution is -2.15. The average Bonchev–Trinajstić information content (AvgIpc) is 2.85. The number of aryl methyl sites for hydroxylation is 1. The van der Waals surface area contributed by atoms with Gasteiger partial charge in [-0.15, -0.1) is 0 Å². The molecule has 0 spiro atoms. The number of benzene rings is 2. The predicted octanol–water partition coefficient (Wildman–Crippen LogP) is 3.89. The number of aromatic amines is 1. The summed E-state index contributed by atoms with van der Waals surface area (Å²) in [4.78, 5) is 15.8. The van der Waals surface area contributed by atoms with Gasteiger partial charge in [0.25, 0.3) is 5.56 Å². The Morgan fingerprint density at radius 1 is 1.18 bits per heavy atom. The zero-order valence-corrected chi connectivity index (χ0v) is 13.4. The first-order chi connectivity index (χ1) is 10.6. The van der Waals surface area contributed by atoms with E-state index in [2.05, 4.69) is 26.0 Å². The summed E-state index contributed by atoms with van der Waals surface area (Å²) in [5.74, 6) is 0. The van der Waals surface area contributed by atoms with Crippen LogP contribution in [0.1, 0.15) is 5.56 Å². The number of rotatable bonds is 1. The fourth-order valence-electron chi connectivity index (χ4n) is 2.70. The number of fused-ring (bicyclic) bond motifs is 3. The second-order valence-electron chi connectivity index (χ2n) is 5.24. The van der Waals surface area contributed by atoms with E-state index in [1.165, 1.54) is 4.68 Å². The normalized spacial score (nSPS) is 11.4. The summed E-state index contributed by atoms with van der Waals surface area (Å²) in [6.45, 7) is 1.97. The molecule has 1 N–H and O–H groups in total. The topological polar surface area (TPSA) is 50.7 Å². The highest BCUT2D eigenvalue weighted by Gasteiger charge is 2.19. The summed E-state index contributed by atoms with van der Waals surface area (Å²) in [5, 5.41) is 5.51. The molecule has 4 rings (SSSR count). The van der Waals surface area contributed by atoms with Crippen LogP contribution in [-0.2, 0) is 0 Å². The van der Waals surface area contributed by atoms with Crippen LogP contribution in [0.2, 0.25) is 0 Å². The standard InChI is InChI=1S/C17H12BrN3O/c1-10-4-2-3-5-15(10)21-17(22)13-9-19-14-8-11(18)6-7-12(14)16(13)20-21/h2-9,19H,1H3. The number of H-pyrrole nitrogens is 1. The van der Waals surface area contributed by atoms with Crippen LogP contribution >= 0.6 is 15.9 Å². The highest BCUT2D eigenvalue weighted by molar-refractivity contribution is 9.10. The van der Waals surface area contributed by atoms with Crippen molar-refractivity contribution in [3.8, 4) is 16.9 Å². The van der Waals surface area contributed by atoms with Crippen LogP contribution in [0.15, 0.2) is 57.9 Å². The number of aromatic nitrogens is 3. The summed E-state index contributed by atoms with van der Waals surface area (Å²) in [7, 11) is 0. The van der Waals surface area contributed by atoms with Crippen LogP contribution < -0.4 is 5.56 Å². The van der Waals surface area contributed by atoms with Crippen LogP contribution in [-0.4, -0.2) is 14.8 Å². The Balaban J connectivity index is 2.09. The van der Waals surface area contributed by atoms with E-state index in [0.29, 0.717) is 5.56 Å². The molecule has 0 atom stereocenters. The lowest BCUT2D eigenvalue weighted by atomic mass is 10.1.